The van der Waals surface area contributed by atoms with Gasteiger partial charge in [0, 0.05) is 23.7 Å². The summed E-state index contributed by atoms with van der Waals surface area (Å²) < 4.78 is 5.82. The van der Waals surface area contributed by atoms with Crippen LogP contribution < -0.4 is 10.6 Å². The maximum absolute atomic E-state index is 5.82. The molecule has 2 aromatic rings. The topological polar surface area (TPSA) is 49.6 Å². The van der Waals surface area contributed by atoms with Gasteiger partial charge in [0.15, 0.2) is 5.96 Å². The Labute approximate surface area is 158 Å². The van der Waals surface area contributed by atoms with Crippen molar-refractivity contribution in [1.29, 1.82) is 0 Å². The number of aliphatic imine (C=N–C) groups is 1. The minimum absolute atomic E-state index is 0. The summed E-state index contributed by atoms with van der Waals surface area (Å²) in [5.74, 6) is 1.78. The number of nitrogens with zero attached hydrogens (tertiary/aromatic N) is 1. The van der Waals surface area contributed by atoms with Gasteiger partial charge in [-0.3, -0.25) is 4.99 Å². The molecular formula is C17H24IN3OS. The molecule has 0 amide bonds. The lowest BCUT2D eigenvalue weighted by molar-refractivity contribution is 0.534. The highest BCUT2D eigenvalue weighted by molar-refractivity contribution is 14.0. The first-order valence-corrected chi connectivity index (χ1v) is 9.04. The Bertz CT molecular complexity index is 625. The van der Waals surface area contributed by atoms with Crippen LogP contribution in [0.1, 0.15) is 25.0 Å². The zero-order chi connectivity index (χ0) is 15.4. The fourth-order valence-corrected chi connectivity index (χ4v) is 3.76. The number of nitrogens with one attached hydrogen (secondary N) is 2. The van der Waals surface area contributed by atoms with E-state index in [0.717, 1.165) is 27.9 Å². The first kappa shape index (κ1) is 18.4. The molecule has 126 valence electrons. The van der Waals surface area contributed by atoms with Gasteiger partial charge in [-0.25, -0.2) is 0 Å². The lowest BCUT2D eigenvalue weighted by atomic mass is 10.2. The van der Waals surface area contributed by atoms with Gasteiger partial charge in [-0.05, 0) is 37.7 Å². The number of hydrogen-bond acceptors (Lipinski definition) is 3. The first-order valence-electron chi connectivity index (χ1n) is 7.76. The van der Waals surface area contributed by atoms with Gasteiger partial charge in [-0.1, -0.05) is 18.2 Å². The van der Waals surface area contributed by atoms with Crippen molar-refractivity contribution in [2.75, 3.05) is 13.3 Å². The fourth-order valence-electron chi connectivity index (χ4n) is 2.97. The van der Waals surface area contributed by atoms with E-state index in [4.69, 9.17) is 4.42 Å². The Morgan fingerprint density at radius 1 is 1.35 bits per heavy atom. The molecule has 1 fully saturated rings. The number of fused-ring (bicyclic) bond motifs is 1. The largest absolute Gasteiger partial charge is 0.459 e. The molecule has 0 saturated heterocycles. The van der Waals surface area contributed by atoms with Crippen molar-refractivity contribution < 1.29 is 4.42 Å². The van der Waals surface area contributed by atoms with Crippen molar-refractivity contribution in [3.63, 3.8) is 0 Å². The molecule has 4 nitrogen and oxygen atoms in total. The molecule has 6 heteroatoms. The molecule has 1 aromatic carbocycles. The Kier molecular flexibility index (Phi) is 7.08. The van der Waals surface area contributed by atoms with E-state index < -0.39 is 0 Å². The Morgan fingerprint density at radius 3 is 2.87 bits per heavy atom. The molecule has 3 rings (SSSR count). The smallest absolute Gasteiger partial charge is 0.191 e. The highest BCUT2D eigenvalue weighted by Crippen LogP contribution is 2.28. The molecule has 1 saturated carbocycles. The average molecular weight is 445 g/mol. The third-order valence-corrected chi connectivity index (χ3v) is 5.28. The van der Waals surface area contributed by atoms with Gasteiger partial charge in [-0.2, -0.15) is 11.8 Å². The molecule has 23 heavy (non-hydrogen) atoms. The number of hydrogen-bond donors (Lipinski definition) is 2. The monoisotopic (exact) mass is 445 g/mol. The van der Waals surface area contributed by atoms with Gasteiger partial charge < -0.3 is 15.1 Å². The summed E-state index contributed by atoms with van der Waals surface area (Å²) in [5.41, 5.74) is 0.931. The Balaban J connectivity index is 0.00000192. The van der Waals surface area contributed by atoms with Crippen LogP contribution in [0.25, 0.3) is 11.0 Å². The molecule has 2 atom stereocenters. The maximum atomic E-state index is 5.82. The summed E-state index contributed by atoms with van der Waals surface area (Å²) in [6.07, 6.45) is 5.92. The number of guanidine groups is 1. The van der Waals surface area contributed by atoms with Crippen LogP contribution in [0.4, 0.5) is 0 Å². The molecule has 0 bridgehead atoms. The predicted molar refractivity (Wildman–Crippen MR) is 110 cm³/mol. The molecule has 1 aromatic heterocycles. The third kappa shape index (κ3) is 4.79. The van der Waals surface area contributed by atoms with Gasteiger partial charge in [0.2, 0.25) is 0 Å². The summed E-state index contributed by atoms with van der Waals surface area (Å²) in [6, 6.07) is 10.7. The minimum Gasteiger partial charge on any atom is -0.459 e. The molecule has 2 N–H and O–H groups in total. The summed E-state index contributed by atoms with van der Waals surface area (Å²) in [5, 5.41) is 8.79. The van der Waals surface area contributed by atoms with Crippen LogP contribution in [0.3, 0.4) is 0 Å². The third-order valence-electron chi connectivity index (χ3n) is 4.19. The Morgan fingerprint density at radius 2 is 2.17 bits per heavy atom. The van der Waals surface area contributed by atoms with Crippen LogP contribution in [0.15, 0.2) is 39.7 Å². The van der Waals surface area contributed by atoms with E-state index in [9.17, 15) is 0 Å². The number of rotatable bonds is 4. The van der Waals surface area contributed by atoms with Crippen LogP contribution in [0.5, 0.6) is 0 Å². The van der Waals surface area contributed by atoms with Crippen LogP contribution in [0, 0.1) is 0 Å². The fraction of sp³-hybridized carbons (Fsp3) is 0.471. The lowest BCUT2D eigenvalue weighted by Crippen LogP contribution is -2.42. The van der Waals surface area contributed by atoms with E-state index in [-0.39, 0.29) is 24.0 Å². The molecule has 1 heterocycles. The van der Waals surface area contributed by atoms with Crippen LogP contribution in [-0.4, -0.2) is 30.6 Å². The number of benzene rings is 1. The second kappa shape index (κ2) is 8.82. The van der Waals surface area contributed by atoms with Crippen LogP contribution >= 0.6 is 35.7 Å². The molecule has 1 aliphatic rings. The summed E-state index contributed by atoms with van der Waals surface area (Å²) in [7, 11) is 1.81. The number of halogens is 1. The SMILES string of the molecule is CN=C(NCc1cc2ccccc2o1)NC1CCC(SC)C1.I. The number of thioether (sulfide) groups is 1. The van der Waals surface area contributed by atoms with Gasteiger partial charge in [-0.15, -0.1) is 24.0 Å². The highest BCUT2D eigenvalue weighted by Gasteiger charge is 2.24. The standard InChI is InChI=1S/C17H23N3OS.HI/c1-18-17(20-13-7-8-15(10-13)22-2)19-11-14-9-12-5-3-4-6-16(12)21-14;/h3-6,9,13,15H,7-8,10-11H2,1-2H3,(H2,18,19,20);1H. The van der Waals surface area contributed by atoms with Crippen molar-refractivity contribution in [2.24, 2.45) is 4.99 Å². The van der Waals surface area contributed by atoms with E-state index in [1.54, 1.807) is 0 Å². The van der Waals surface area contributed by atoms with Crippen LogP contribution in [0.2, 0.25) is 0 Å². The molecule has 0 radical (unpaired) electrons. The van der Waals surface area contributed by atoms with Crippen LogP contribution in [-0.2, 0) is 6.54 Å². The molecule has 1 aliphatic carbocycles. The van der Waals surface area contributed by atoms with E-state index in [1.807, 2.05) is 37.0 Å². The van der Waals surface area contributed by atoms with Crippen molar-refractivity contribution >= 4 is 52.7 Å². The van der Waals surface area contributed by atoms with E-state index in [1.165, 1.54) is 19.3 Å². The maximum Gasteiger partial charge on any atom is 0.191 e. The predicted octanol–water partition coefficient (Wildman–Crippen LogP) is 4.00. The van der Waals surface area contributed by atoms with Crippen molar-refractivity contribution in [3.05, 3.63) is 36.1 Å². The van der Waals surface area contributed by atoms with Gasteiger partial charge in [0.25, 0.3) is 0 Å². The van der Waals surface area contributed by atoms with E-state index >= 15 is 0 Å². The average Bonchev–Trinajstić information content (AvgIpc) is 3.17. The zero-order valence-electron chi connectivity index (χ0n) is 13.5. The molecular weight excluding hydrogens is 421 g/mol. The summed E-state index contributed by atoms with van der Waals surface area (Å²) in [4.78, 5) is 4.32. The highest BCUT2D eigenvalue weighted by atomic mass is 127. The number of para-hydroxylation sites is 1. The quantitative estimate of drug-likeness (QED) is 0.425. The lowest BCUT2D eigenvalue weighted by Gasteiger charge is -2.16. The van der Waals surface area contributed by atoms with Crippen molar-refractivity contribution in [1.82, 2.24) is 10.6 Å². The molecule has 0 aliphatic heterocycles. The van der Waals surface area contributed by atoms with E-state index in [2.05, 4.69) is 34.0 Å². The summed E-state index contributed by atoms with van der Waals surface area (Å²) in [6.45, 7) is 0.646. The Hall–Kier alpha value is -0.890. The van der Waals surface area contributed by atoms with Crippen molar-refractivity contribution in [3.8, 4) is 0 Å². The second-order valence-electron chi connectivity index (χ2n) is 5.69. The molecule has 2 unspecified atom stereocenters. The zero-order valence-corrected chi connectivity index (χ0v) is 16.7. The molecule has 0 spiro atoms. The number of furan rings is 1. The minimum atomic E-state index is 0. The van der Waals surface area contributed by atoms with Gasteiger partial charge in [0.1, 0.15) is 11.3 Å². The summed E-state index contributed by atoms with van der Waals surface area (Å²) >= 11 is 1.97. The van der Waals surface area contributed by atoms with Gasteiger partial charge >= 0.3 is 0 Å². The second-order valence-corrected chi connectivity index (χ2v) is 6.83. The van der Waals surface area contributed by atoms with Gasteiger partial charge in [0.05, 0.1) is 6.54 Å². The first-order chi connectivity index (χ1) is 10.8. The van der Waals surface area contributed by atoms with Crippen molar-refractivity contribution in [2.45, 2.75) is 37.1 Å². The normalized spacial score (nSPS) is 21.2. The van der Waals surface area contributed by atoms with E-state index in [0.29, 0.717) is 12.6 Å².